The van der Waals surface area contributed by atoms with E-state index in [0.29, 0.717) is 23.1 Å². The molecule has 27 heavy (non-hydrogen) atoms. The maximum Gasteiger partial charge on any atom is 0.257 e. The number of aryl methyl sites for hydroxylation is 2. The molecule has 1 aliphatic heterocycles. The Hall–Kier alpha value is -2.37. The van der Waals surface area contributed by atoms with Crippen LogP contribution in [0.5, 0.6) is 0 Å². The van der Waals surface area contributed by atoms with Crippen LogP contribution in [0.15, 0.2) is 47.5 Å². The van der Waals surface area contributed by atoms with Gasteiger partial charge in [0.25, 0.3) is 5.91 Å². The minimum Gasteiger partial charge on any atom is -0.376 e. The monoisotopic (exact) mass is 385 g/mol. The van der Waals surface area contributed by atoms with E-state index in [2.05, 4.69) is 21.7 Å². The Bertz CT molecular complexity index is 808. The van der Waals surface area contributed by atoms with E-state index in [4.69, 9.17) is 16.3 Å². The first-order chi connectivity index (χ1) is 13.0. The first kappa shape index (κ1) is 19.4. The normalized spacial score (nSPS) is 17.0. The number of rotatable bonds is 4. The quantitative estimate of drug-likeness (QED) is 0.608. The van der Waals surface area contributed by atoms with Crippen LogP contribution in [-0.2, 0) is 4.74 Å². The van der Waals surface area contributed by atoms with Crippen molar-refractivity contribution in [3.05, 3.63) is 64.2 Å². The van der Waals surface area contributed by atoms with Crippen molar-refractivity contribution in [2.24, 2.45) is 4.99 Å². The van der Waals surface area contributed by atoms with Gasteiger partial charge in [-0.25, -0.2) is 4.99 Å². The zero-order chi connectivity index (χ0) is 19.2. The highest BCUT2D eigenvalue weighted by molar-refractivity contribution is 6.30. The lowest BCUT2D eigenvalue weighted by molar-refractivity contribution is 0.0975. The summed E-state index contributed by atoms with van der Waals surface area (Å²) in [4.78, 5) is 17.1. The maximum absolute atomic E-state index is 12.6. The van der Waals surface area contributed by atoms with Gasteiger partial charge in [-0.2, -0.15) is 0 Å². The molecular weight excluding hydrogens is 362 g/mol. The molecule has 3 rings (SSSR count). The SMILES string of the molecule is Cc1cc(C)cc(NC(=NCC2CCCO2)NC(=O)c2ccc(Cl)cc2)c1. The summed E-state index contributed by atoms with van der Waals surface area (Å²) in [5.41, 5.74) is 3.68. The van der Waals surface area contributed by atoms with Crippen LogP contribution >= 0.6 is 11.6 Å². The van der Waals surface area contributed by atoms with E-state index in [1.165, 1.54) is 0 Å². The third-order valence-electron chi connectivity index (χ3n) is 4.30. The molecule has 0 bridgehead atoms. The van der Waals surface area contributed by atoms with E-state index in [9.17, 15) is 4.79 Å². The van der Waals surface area contributed by atoms with E-state index in [-0.39, 0.29) is 12.0 Å². The van der Waals surface area contributed by atoms with Crippen LogP contribution in [-0.4, -0.2) is 31.1 Å². The Balaban J connectivity index is 1.76. The van der Waals surface area contributed by atoms with Crippen LogP contribution in [0.25, 0.3) is 0 Å². The Morgan fingerprint density at radius 1 is 1.19 bits per heavy atom. The number of halogens is 1. The fraction of sp³-hybridized carbons (Fsp3) is 0.333. The highest BCUT2D eigenvalue weighted by Gasteiger charge is 2.16. The predicted molar refractivity (Wildman–Crippen MR) is 110 cm³/mol. The van der Waals surface area contributed by atoms with E-state index in [1.54, 1.807) is 24.3 Å². The second kappa shape index (κ2) is 9.02. The fourth-order valence-corrected chi connectivity index (χ4v) is 3.18. The lowest BCUT2D eigenvalue weighted by atomic mass is 10.1. The van der Waals surface area contributed by atoms with Crippen LogP contribution in [0.3, 0.4) is 0 Å². The van der Waals surface area contributed by atoms with Gasteiger partial charge in [-0.1, -0.05) is 17.7 Å². The van der Waals surface area contributed by atoms with Crippen molar-refractivity contribution in [1.29, 1.82) is 0 Å². The number of hydrogen-bond donors (Lipinski definition) is 2. The van der Waals surface area contributed by atoms with Crippen molar-refractivity contribution < 1.29 is 9.53 Å². The molecular formula is C21H24ClN3O2. The number of aliphatic imine (C=N–C) groups is 1. The number of guanidine groups is 1. The number of carbonyl (C=O) groups is 1. The van der Waals surface area contributed by atoms with Gasteiger partial charge in [0.05, 0.1) is 12.6 Å². The Morgan fingerprint density at radius 3 is 2.52 bits per heavy atom. The van der Waals surface area contributed by atoms with Crippen LogP contribution in [0.1, 0.15) is 34.3 Å². The van der Waals surface area contributed by atoms with Gasteiger partial charge in [0.15, 0.2) is 0 Å². The Labute approximate surface area is 164 Å². The molecule has 0 spiro atoms. The van der Waals surface area contributed by atoms with Gasteiger partial charge < -0.3 is 10.1 Å². The third kappa shape index (κ3) is 5.81. The molecule has 0 aliphatic carbocycles. The standard InChI is InChI=1S/C21H24ClN3O2/c1-14-10-15(2)12-18(11-14)24-21(23-13-19-4-3-9-27-19)25-20(26)16-5-7-17(22)8-6-16/h5-8,10-12,19H,3-4,9,13H2,1-2H3,(H2,23,24,25,26). The molecule has 2 aromatic carbocycles. The summed E-state index contributed by atoms with van der Waals surface area (Å²) in [5.74, 6) is 0.171. The Kier molecular flexibility index (Phi) is 6.48. The fourth-order valence-electron chi connectivity index (χ4n) is 3.06. The minimum absolute atomic E-state index is 0.105. The number of nitrogens with one attached hydrogen (secondary N) is 2. The van der Waals surface area contributed by atoms with Crippen LogP contribution in [0.2, 0.25) is 5.02 Å². The van der Waals surface area contributed by atoms with Crippen LogP contribution in [0, 0.1) is 13.8 Å². The average Bonchev–Trinajstić information content (AvgIpc) is 3.13. The summed E-state index contributed by atoms with van der Waals surface area (Å²) in [5, 5.41) is 6.69. The molecule has 0 saturated carbocycles. The lowest BCUT2D eigenvalue weighted by Gasteiger charge is -2.14. The molecule has 5 nitrogen and oxygen atoms in total. The summed E-state index contributed by atoms with van der Waals surface area (Å²) in [7, 11) is 0. The smallest absolute Gasteiger partial charge is 0.257 e. The van der Waals surface area contributed by atoms with Crippen molar-refractivity contribution in [2.45, 2.75) is 32.8 Å². The molecule has 1 aliphatic rings. The molecule has 1 heterocycles. The van der Waals surface area contributed by atoms with Gasteiger partial charge >= 0.3 is 0 Å². The molecule has 1 saturated heterocycles. The van der Waals surface area contributed by atoms with Gasteiger partial charge in [0, 0.05) is 22.9 Å². The molecule has 2 N–H and O–H groups in total. The number of benzene rings is 2. The molecule has 6 heteroatoms. The molecule has 0 radical (unpaired) electrons. The van der Waals surface area contributed by atoms with Crippen LogP contribution in [0.4, 0.5) is 5.69 Å². The molecule has 142 valence electrons. The molecule has 1 atom stereocenters. The van der Waals surface area contributed by atoms with Crippen LogP contribution < -0.4 is 10.6 Å². The number of amides is 1. The van der Waals surface area contributed by atoms with E-state index in [0.717, 1.165) is 36.3 Å². The maximum atomic E-state index is 12.6. The second-order valence-electron chi connectivity index (χ2n) is 6.79. The van der Waals surface area contributed by atoms with Gasteiger partial charge in [0.1, 0.15) is 0 Å². The number of ether oxygens (including phenoxy) is 1. The van der Waals surface area contributed by atoms with Crippen molar-refractivity contribution in [3.8, 4) is 0 Å². The third-order valence-corrected chi connectivity index (χ3v) is 4.55. The molecule has 1 unspecified atom stereocenters. The van der Waals surface area contributed by atoms with Gasteiger partial charge in [-0.3, -0.25) is 10.1 Å². The number of nitrogens with zero attached hydrogens (tertiary/aromatic N) is 1. The number of anilines is 1. The van der Waals surface area contributed by atoms with Crippen molar-refractivity contribution in [2.75, 3.05) is 18.5 Å². The van der Waals surface area contributed by atoms with Crippen molar-refractivity contribution in [3.63, 3.8) is 0 Å². The van der Waals surface area contributed by atoms with Gasteiger partial charge in [-0.15, -0.1) is 0 Å². The van der Waals surface area contributed by atoms with E-state index >= 15 is 0 Å². The minimum atomic E-state index is -0.241. The first-order valence-electron chi connectivity index (χ1n) is 9.08. The number of hydrogen-bond acceptors (Lipinski definition) is 3. The highest BCUT2D eigenvalue weighted by Crippen LogP contribution is 2.15. The molecule has 0 aromatic heterocycles. The van der Waals surface area contributed by atoms with Crippen molar-refractivity contribution >= 4 is 29.2 Å². The summed E-state index contributed by atoms with van der Waals surface area (Å²) in [6.45, 7) is 5.35. The molecule has 1 fully saturated rings. The lowest BCUT2D eigenvalue weighted by Crippen LogP contribution is -2.36. The summed E-state index contributed by atoms with van der Waals surface area (Å²) in [6, 6.07) is 12.9. The topological polar surface area (TPSA) is 62.7 Å². The highest BCUT2D eigenvalue weighted by atomic mass is 35.5. The average molecular weight is 386 g/mol. The van der Waals surface area contributed by atoms with E-state index in [1.807, 2.05) is 26.0 Å². The van der Waals surface area contributed by atoms with Crippen molar-refractivity contribution in [1.82, 2.24) is 5.32 Å². The number of carbonyl (C=O) groups excluding carboxylic acids is 1. The van der Waals surface area contributed by atoms with Gasteiger partial charge in [-0.05, 0) is 74.2 Å². The zero-order valence-corrected chi connectivity index (χ0v) is 16.3. The Morgan fingerprint density at radius 2 is 1.89 bits per heavy atom. The predicted octanol–water partition coefficient (Wildman–Crippen LogP) is 4.33. The second-order valence-corrected chi connectivity index (χ2v) is 7.22. The zero-order valence-electron chi connectivity index (χ0n) is 15.6. The summed E-state index contributed by atoms with van der Waals surface area (Å²) >= 11 is 5.90. The van der Waals surface area contributed by atoms with E-state index < -0.39 is 0 Å². The largest absolute Gasteiger partial charge is 0.376 e. The summed E-state index contributed by atoms with van der Waals surface area (Å²) < 4.78 is 5.63. The molecule has 2 aromatic rings. The molecule has 1 amide bonds. The van der Waals surface area contributed by atoms with Gasteiger partial charge in [0.2, 0.25) is 5.96 Å². The first-order valence-corrected chi connectivity index (χ1v) is 9.46. The summed E-state index contributed by atoms with van der Waals surface area (Å²) in [6.07, 6.45) is 2.15.